The first kappa shape index (κ1) is 12.1. The molecule has 0 aliphatic carbocycles. The Morgan fingerprint density at radius 1 is 1.29 bits per heavy atom. The van der Waals surface area contributed by atoms with Crippen molar-refractivity contribution in [1.29, 1.82) is 0 Å². The Labute approximate surface area is 99.7 Å². The first-order valence-corrected chi connectivity index (χ1v) is 6.65. The van der Waals surface area contributed by atoms with Gasteiger partial charge in [0.25, 0.3) is 0 Å². The van der Waals surface area contributed by atoms with Gasteiger partial charge in [-0.2, -0.15) is 4.31 Å². The number of benzene rings is 1. The van der Waals surface area contributed by atoms with Crippen molar-refractivity contribution in [2.45, 2.75) is 11.8 Å². The van der Waals surface area contributed by atoms with Crippen molar-refractivity contribution < 1.29 is 18.3 Å². The van der Waals surface area contributed by atoms with Crippen molar-refractivity contribution in [3.05, 3.63) is 29.8 Å². The van der Waals surface area contributed by atoms with Gasteiger partial charge in [-0.25, -0.2) is 8.42 Å². The quantitative estimate of drug-likeness (QED) is 0.862. The molecule has 1 aromatic rings. The van der Waals surface area contributed by atoms with Gasteiger partial charge < -0.3 is 5.11 Å². The van der Waals surface area contributed by atoms with Gasteiger partial charge in [0.1, 0.15) is 0 Å². The van der Waals surface area contributed by atoms with Gasteiger partial charge in [-0.05, 0) is 19.1 Å². The molecule has 1 aromatic carbocycles. The molecular formula is C11H13NO4S. The zero-order chi connectivity index (χ0) is 12.6. The van der Waals surface area contributed by atoms with Crippen molar-refractivity contribution in [2.24, 2.45) is 5.92 Å². The molecule has 0 saturated carbocycles. The standard InChI is InChI=1S/C11H13NO4S/c1-8-2-4-10(5-3-8)17(15,16)12-6-9(7-12)11(13)14/h2-5,9H,6-7H2,1H3,(H,13,14). The van der Waals surface area contributed by atoms with Gasteiger partial charge in [0.2, 0.25) is 10.0 Å². The lowest BCUT2D eigenvalue weighted by atomic mass is 10.0. The highest BCUT2D eigenvalue weighted by atomic mass is 32.2. The van der Waals surface area contributed by atoms with E-state index in [0.29, 0.717) is 0 Å². The Morgan fingerprint density at radius 2 is 1.82 bits per heavy atom. The fourth-order valence-corrected chi connectivity index (χ4v) is 3.18. The van der Waals surface area contributed by atoms with Crippen LogP contribution in [0.5, 0.6) is 0 Å². The second-order valence-electron chi connectivity index (χ2n) is 4.17. The van der Waals surface area contributed by atoms with Crippen LogP contribution in [0.3, 0.4) is 0 Å². The average molecular weight is 255 g/mol. The van der Waals surface area contributed by atoms with Crippen LogP contribution in [0.2, 0.25) is 0 Å². The second kappa shape index (κ2) is 4.12. The summed E-state index contributed by atoms with van der Waals surface area (Å²) >= 11 is 0. The molecule has 0 spiro atoms. The number of rotatable bonds is 3. The minimum Gasteiger partial charge on any atom is -0.481 e. The number of aliphatic carboxylic acids is 1. The van der Waals surface area contributed by atoms with Gasteiger partial charge in [0.05, 0.1) is 10.8 Å². The molecule has 2 rings (SSSR count). The number of sulfonamides is 1. The lowest BCUT2D eigenvalue weighted by Gasteiger charge is -2.35. The average Bonchev–Trinajstić information content (AvgIpc) is 2.14. The zero-order valence-corrected chi connectivity index (χ0v) is 10.1. The van der Waals surface area contributed by atoms with Crippen LogP contribution in [0.25, 0.3) is 0 Å². The van der Waals surface area contributed by atoms with E-state index in [1.54, 1.807) is 24.3 Å². The van der Waals surface area contributed by atoms with Crippen LogP contribution < -0.4 is 0 Å². The van der Waals surface area contributed by atoms with E-state index in [-0.39, 0.29) is 18.0 Å². The Hall–Kier alpha value is -1.40. The molecule has 0 radical (unpaired) electrons. The minimum absolute atomic E-state index is 0.0611. The van der Waals surface area contributed by atoms with E-state index in [1.165, 1.54) is 4.31 Å². The number of nitrogens with zero attached hydrogens (tertiary/aromatic N) is 1. The third-order valence-corrected chi connectivity index (χ3v) is 4.70. The molecule has 17 heavy (non-hydrogen) atoms. The molecule has 1 aliphatic heterocycles. The first-order valence-electron chi connectivity index (χ1n) is 5.21. The van der Waals surface area contributed by atoms with Gasteiger partial charge in [-0.15, -0.1) is 0 Å². The molecule has 0 unspecified atom stereocenters. The SMILES string of the molecule is Cc1ccc(S(=O)(=O)N2CC(C(=O)O)C2)cc1. The predicted molar refractivity (Wildman–Crippen MR) is 61.1 cm³/mol. The lowest BCUT2D eigenvalue weighted by Crippen LogP contribution is -2.52. The smallest absolute Gasteiger partial charge is 0.309 e. The summed E-state index contributed by atoms with van der Waals surface area (Å²) in [5.74, 6) is -1.52. The summed E-state index contributed by atoms with van der Waals surface area (Å²) in [6.07, 6.45) is 0. The van der Waals surface area contributed by atoms with E-state index in [9.17, 15) is 13.2 Å². The maximum Gasteiger partial charge on any atom is 0.309 e. The Morgan fingerprint density at radius 3 is 2.29 bits per heavy atom. The maximum atomic E-state index is 12.0. The normalized spacial score (nSPS) is 17.7. The van der Waals surface area contributed by atoms with E-state index in [0.717, 1.165) is 5.56 Å². The molecule has 1 saturated heterocycles. The van der Waals surface area contributed by atoms with Crippen LogP contribution in [0.1, 0.15) is 5.56 Å². The van der Waals surface area contributed by atoms with Crippen molar-refractivity contribution in [3.63, 3.8) is 0 Å². The van der Waals surface area contributed by atoms with Gasteiger partial charge >= 0.3 is 5.97 Å². The van der Waals surface area contributed by atoms with Gasteiger partial charge in [-0.1, -0.05) is 17.7 Å². The van der Waals surface area contributed by atoms with Crippen molar-refractivity contribution >= 4 is 16.0 Å². The van der Waals surface area contributed by atoms with Crippen molar-refractivity contribution in [1.82, 2.24) is 4.31 Å². The number of hydrogen-bond acceptors (Lipinski definition) is 3. The topological polar surface area (TPSA) is 74.7 Å². The van der Waals surface area contributed by atoms with E-state index >= 15 is 0 Å². The Balaban J connectivity index is 2.16. The number of carboxylic acids is 1. The summed E-state index contributed by atoms with van der Waals surface area (Å²) < 4.78 is 25.2. The fraction of sp³-hybridized carbons (Fsp3) is 0.364. The molecule has 0 bridgehead atoms. The van der Waals surface area contributed by atoms with Crippen LogP contribution in [-0.4, -0.2) is 36.9 Å². The van der Waals surface area contributed by atoms with Gasteiger partial charge in [-0.3, -0.25) is 4.79 Å². The van der Waals surface area contributed by atoms with Crippen molar-refractivity contribution in [2.75, 3.05) is 13.1 Å². The minimum atomic E-state index is -3.52. The highest BCUT2D eigenvalue weighted by molar-refractivity contribution is 7.89. The van der Waals surface area contributed by atoms with Crippen LogP contribution >= 0.6 is 0 Å². The first-order chi connectivity index (χ1) is 7.91. The maximum absolute atomic E-state index is 12.0. The van der Waals surface area contributed by atoms with Gasteiger partial charge in [0, 0.05) is 13.1 Å². The molecule has 0 amide bonds. The third-order valence-electron chi connectivity index (χ3n) is 2.86. The van der Waals surface area contributed by atoms with E-state index in [1.807, 2.05) is 6.92 Å². The van der Waals surface area contributed by atoms with Crippen LogP contribution in [0.4, 0.5) is 0 Å². The zero-order valence-electron chi connectivity index (χ0n) is 9.33. The monoisotopic (exact) mass is 255 g/mol. The van der Waals surface area contributed by atoms with E-state index < -0.39 is 21.9 Å². The summed E-state index contributed by atoms with van der Waals surface area (Å²) in [5.41, 5.74) is 0.982. The molecule has 1 aliphatic rings. The second-order valence-corrected chi connectivity index (χ2v) is 6.11. The van der Waals surface area contributed by atoms with Crippen LogP contribution in [0.15, 0.2) is 29.2 Å². The summed E-state index contributed by atoms with van der Waals surface area (Å²) in [6.45, 7) is 2.00. The summed E-state index contributed by atoms with van der Waals surface area (Å²) in [6, 6.07) is 6.53. The molecule has 1 fully saturated rings. The molecule has 6 heteroatoms. The third kappa shape index (κ3) is 2.18. The highest BCUT2D eigenvalue weighted by Gasteiger charge is 2.40. The van der Waals surface area contributed by atoms with Gasteiger partial charge in [0.15, 0.2) is 0 Å². The van der Waals surface area contributed by atoms with E-state index in [2.05, 4.69) is 0 Å². The molecule has 92 valence electrons. The largest absolute Gasteiger partial charge is 0.481 e. The highest BCUT2D eigenvalue weighted by Crippen LogP contribution is 2.25. The number of carboxylic acid groups (broad SMARTS) is 1. The molecule has 0 atom stereocenters. The summed E-state index contributed by atoms with van der Waals surface area (Å²) in [5, 5.41) is 8.70. The summed E-state index contributed by atoms with van der Waals surface area (Å²) in [4.78, 5) is 10.8. The number of hydrogen-bond donors (Lipinski definition) is 1. The van der Waals surface area contributed by atoms with Crippen LogP contribution in [0, 0.1) is 12.8 Å². The molecule has 1 heterocycles. The van der Waals surface area contributed by atoms with E-state index in [4.69, 9.17) is 5.11 Å². The number of carbonyl (C=O) groups is 1. The Kier molecular flexibility index (Phi) is 2.92. The molecule has 1 N–H and O–H groups in total. The number of aryl methyl sites for hydroxylation is 1. The summed E-state index contributed by atoms with van der Waals surface area (Å²) in [7, 11) is -3.52. The molecule has 5 nitrogen and oxygen atoms in total. The fourth-order valence-electron chi connectivity index (χ4n) is 1.65. The lowest BCUT2D eigenvalue weighted by molar-refractivity contribution is -0.145. The van der Waals surface area contributed by atoms with Crippen molar-refractivity contribution in [3.8, 4) is 0 Å². The van der Waals surface area contributed by atoms with Crippen LogP contribution in [-0.2, 0) is 14.8 Å². The molecular weight excluding hydrogens is 242 g/mol. The predicted octanol–water partition coefficient (Wildman–Crippen LogP) is 0.700. The Bertz CT molecular complexity index is 529. The molecule has 0 aromatic heterocycles.